The number of aliphatic carboxylic acids is 1. The number of nitrogens with zero attached hydrogens (tertiary/aromatic N) is 1. The Morgan fingerprint density at radius 2 is 2.08 bits per heavy atom. The molecular weight excluding hydrogens is 318 g/mol. The average molecular weight is 337 g/mol. The van der Waals surface area contributed by atoms with E-state index < -0.39 is 5.97 Å². The lowest BCUT2D eigenvalue weighted by Crippen LogP contribution is -2.16. The minimum absolute atomic E-state index is 0.356. The molecule has 2 aromatic rings. The number of hydrogen-bond acceptors (Lipinski definition) is 3. The molecule has 0 aromatic heterocycles. The van der Waals surface area contributed by atoms with Crippen LogP contribution in [0.1, 0.15) is 35.6 Å². The second-order valence-corrected chi connectivity index (χ2v) is 7.14. The SMILES string of the molecule is CCC(Cc1cccc2c1Sc1cc(C#N)ccc1CC2)C(=O)O. The van der Waals surface area contributed by atoms with Crippen LogP contribution in [0.3, 0.4) is 0 Å². The summed E-state index contributed by atoms with van der Waals surface area (Å²) in [4.78, 5) is 13.7. The molecule has 0 fully saturated rings. The highest BCUT2D eigenvalue weighted by Gasteiger charge is 2.21. The smallest absolute Gasteiger partial charge is 0.306 e. The Kier molecular flexibility index (Phi) is 4.92. The number of fused-ring (bicyclic) bond motifs is 2. The molecule has 3 rings (SSSR count). The first-order valence-corrected chi connectivity index (χ1v) is 8.98. The average Bonchev–Trinajstić information content (AvgIpc) is 2.78. The summed E-state index contributed by atoms with van der Waals surface area (Å²) in [6, 6.07) is 14.3. The van der Waals surface area contributed by atoms with Crippen molar-refractivity contribution in [2.45, 2.75) is 42.4 Å². The van der Waals surface area contributed by atoms with E-state index in [9.17, 15) is 9.90 Å². The van der Waals surface area contributed by atoms with Crippen LogP contribution < -0.4 is 0 Å². The van der Waals surface area contributed by atoms with E-state index in [2.05, 4.69) is 12.1 Å². The summed E-state index contributed by atoms with van der Waals surface area (Å²) in [5.74, 6) is -1.09. The normalized spacial score (nSPS) is 14.0. The predicted octanol–water partition coefficient (Wildman–Crippen LogP) is 4.46. The zero-order valence-electron chi connectivity index (χ0n) is 13.6. The number of carboxylic acid groups (broad SMARTS) is 1. The van der Waals surface area contributed by atoms with Gasteiger partial charge in [0, 0.05) is 9.79 Å². The number of nitriles is 1. The van der Waals surface area contributed by atoms with Gasteiger partial charge in [-0.05, 0) is 54.5 Å². The van der Waals surface area contributed by atoms with E-state index in [4.69, 9.17) is 5.26 Å². The first kappa shape index (κ1) is 16.6. The molecule has 0 spiro atoms. The number of carboxylic acids is 1. The van der Waals surface area contributed by atoms with Gasteiger partial charge in [0.1, 0.15) is 0 Å². The summed E-state index contributed by atoms with van der Waals surface area (Å²) in [7, 11) is 0. The lowest BCUT2D eigenvalue weighted by molar-refractivity contribution is -0.141. The molecule has 1 heterocycles. The molecule has 24 heavy (non-hydrogen) atoms. The van der Waals surface area contributed by atoms with Crippen LogP contribution >= 0.6 is 11.8 Å². The molecule has 1 unspecified atom stereocenters. The molecule has 0 radical (unpaired) electrons. The maximum Gasteiger partial charge on any atom is 0.306 e. The van der Waals surface area contributed by atoms with Crippen LogP contribution in [0.15, 0.2) is 46.2 Å². The lowest BCUT2D eigenvalue weighted by atomic mass is 9.94. The van der Waals surface area contributed by atoms with Crippen molar-refractivity contribution < 1.29 is 9.90 Å². The van der Waals surface area contributed by atoms with Crippen LogP contribution in [-0.2, 0) is 24.1 Å². The zero-order valence-corrected chi connectivity index (χ0v) is 14.4. The number of rotatable bonds is 4. The first-order chi connectivity index (χ1) is 11.6. The Balaban J connectivity index is 2.00. The van der Waals surface area contributed by atoms with Gasteiger partial charge in [-0.15, -0.1) is 0 Å². The Hall–Kier alpha value is -2.25. The monoisotopic (exact) mass is 337 g/mol. The fraction of sp³-hybridized carbons (Fsp3) is 0.300. The van der Waals surface area contributed by atoms with Crippen molar-refractivity contribution in [3.05, 3.63) is 58.7 Å². The van der Waals surface area contributed by atoms with Crippen molar-refractivity contribution in [2.24, 2.45) is 5.92 Å². The molecule has 0 amide bonds. The van der Waals surface area contributed by atoms with E-state index in [1.807, 2.05) is 37.3 Å². The van der Waals surface area contributed by atoms with Crippen molar-refractivity contribution in [1.29, 1.82) is 5.26 Å². The molecule has 1 N–H and O–H groups in total. The lowest BCUT2D eigenvalue weighted by Gasteiger charge is -2.15. The molecular formula is C20H19NO2S. The van der Waals surface area contributed by atoms with Gasteiger partial charge in [-0.1, -0.05) is 43.0 Å². The third kappa shape index (κ3) is 3.32. The van der Waals surface area contributed by atoms with Crippen LogP contribution in [0.2, 0.25) is 0 Å². The predicted molar refractivity (Wildman–Crippen MR) is 94.3 cm³/mol. The molecule has 3 nitrogen and oxygen atoms in total. The van der Waals surface area contributed by atoms with Gasteiger partial charge >= 0.3 is 5.97 Å². The van der Waals surface area contributed by atoms with Crippen LogP contribution in [0.5, 0.6) is 0 Å². The van der Waals surface area contributed by atoms with Crippen molar-refractivity contribution >= 4 is 17.7 Å². The van der Waals surface area contributed by atoms with Gasteiger partial charge in [-0.25, -0.2) is 0 Å². The standard InChI is InChI=1S/C20H19NO2S/c1-2-14(20(22)23)11-17-5-3-4-16-9-8-15-7-6-13(12-21)10-18(15)24-19(16)17/h3-7,10,14H,2,8-9,11H2,1H3,(H,22,23). The van der Waals surface area contributed by atoms with Gasteiger partial charge < -0.3 is 5.11 Å². The Morgan fingerprint density at radius 3 is 2.79 bits per heavy atom. The van der Waals surface area contributed by atoms with E-state index in [1.165, 1.54) is 16.0 Å². The Labute approximate surface area is 146 Å². The van der Waals surface area contributed by atoms with E-state index in [-0.39, 0.29) is 5.92 Å². The molecule has 2 aromatic carbocycles. The summed E-state index contributed by atoms with van der Waals surface area (Å²) in [5.41, 5.74) is 4.29. The molecule has 0 saturated heterocycles. The summed E-state index contributed by atoms with van der Waals surface area (Å²) < 4.78 is 0. The Bertz CT molecular complexity index is 823. The fourth-order valence-electron chi connectivity index (χ4n) is 3.10. The molecule has 1 atom stereocenters. The van der Waals surface area contributed by atoms with Crippen molar-refractivity contribution in [2.75, 3.05) is 0 Å². The van der Waals surface area contributed by atoms with E-state index in [1.54, 1.807) is 11.8 Å². The number of aryl methyl sites for hydroxylation is 2. The fourth-order valence-corrected chi connectivity index (χ4v) is 4.39. The van der Waals surface area contributed by atoms with Gasteiger partial charge in [-0.2, -0.15) is 5.26 Å². The minimum atomic E-state index is -0.735. The van der Waals surface area contributed by atoms with Gasteiger partial charge in [0.05, 0.1) is 17.6 Å². The first-order valence-electron chi connectivity index (χ1n) is 8.16. The number of benzene rings is 2. The maximum atomic E-state index is 11.4. The Morgan fingerprint density at radius 1 is 1.29 bits per heavy atom. The molecule has 0 bridgehead atoms. The van der Waals surface area contributed by atoms with Gasteiger partial charge in [-0.3, -0.25) is 4.79 Å². The molecule has 1 aliphatic heterocycles. The van der Waals surface area contributed by atoms with Crippen molar-refractivity contribution in [1.82, 2.24) is 0 Å². The largest absolute Gasteiger partial charge is 0.481 e. The molecule has 0 saturated carbocycles. The summed E-state index contributed by atoms with van der Waals surface area (Å²) in [5, 5.41) is 18.5. The summed E-state index contributed by atoms with van der Waals surface area (Å²) in [6.45, 7) is 1.92. The molecule has 1 aliphatic rings. The topological polar surface area (TPSA) is 61.1 Å². The molecule has 0 aliphatic carbocycles. The van der Waals surface area contributed by atoms with Crippen LogP contribution in [-0.4, -0.2) is 11.1 Å². The second kappa shape index (κ2) is 7.11. The van der Waals surface area contributed by atoms with Crippen molar-refractivity contribution in [3.63, 3.8) is 0 Å². The van der Waals surface area contributed by atoms with Gasteiger partial charge in [0.2, 0.25) is 0 Å². The third-order valence-electron chi connectivity index (χ3n) is 4.56. The van der Waals surface area contributed by atoms with E-state index in [0.717, 1.165) is 23.3 Å². The zero-order chi connectivity index (χ0) is 17.1. The quantitative estimate of drug-likeness (QED) is 0.894. The molecule has 122 valence electrons. The van der Waals surface area contributed by atoms with Crippen LogP contribution in [0.25, 0.3) is 0 Å². The third-order valence-corrected chi connectivity index (χ3v) is 5.89. The van der Waals surface area contributed by atoms with E-state index >= 15 is 0 Å². The van der Waals surface area contributed by atoms with Crippen LogP contribution in [0, 0.1) is 17.2 Å². The highest BCUT2D eigenvalue weighted by atomic mass is 32.2. The highest BCUT2D eigenvalue weighted by Crippen LogP contribution is 2.40. The maximum absolute atomic E-state index is 11.4. The minimum Gasteiger partial charge on any atom is -0.481 e. The van der Waals surface area contributed by atoms with Gasteiger partial charge in [0.25, 0.3) is 0 Å². The summed E-state index contributed by atoms with van der Waals surface area (Å²) >= 11 is 1.68. The number of hydrogen-bond donors (Lipinski definition) is 1. The summed E-state index contributed by atoms with van der Waals surface area (Å²) in [6.07, 6.45) is 3.06. The molecule has 4 heteroatoms. The van der Waals surface area contributed by atoms with Crippen molar-refractivity contribution in [3.8, 4) is 6.07 Å². The number of carbonyl (C=O) groups is 1. The highest BCUT2D eigenvalue weighted by molar-refractivity contribution is 7.99. The van der Waals surface area contributed by atoms with Crippen LogP contribution in [0.4, 0.5) is 0 Å². The van der Waals surface area contributed by atoms with Gasteiger partial charge in [0.15, 0.2) is 0 Å². The second-order valence-electron chi connectivity index (χ2n) is 6.09. The van der Waals surface area contributed by atoms with E-state index in [0.29, 0.717) is 18.4 Å².